The van der Waals surface area contributed by atoms with E-state index in [9.17, 15) is 5.11 Å². The predicted octanol–water partition coefficient (Wildman–Crippen LogP) is 2.81. The molecular formula is C14H19NO2. The van der Waals surface area contributed by atoms with Crippen molar-refractivity contribution in [2.24, 2.45) is 0 Å². The zero-order chi connectivity index (χ0) is 12.3. The summed E-state index contributed by atoms with van der Waals surface area (Å²) < 4.78 is 7.65. The highest BCUT2D eigenvalue weighted by atomic mass is 16.5. The van der Waals surface area contributed by atoms with Gasteiger partial charge in [-0.3, -0.25) is 0 Å². The maximum absolute atomic E-state index is 9.41. The largest absolute Gasteiger partial charge is 0.494 e. The van der Waals surface area contributed by atoms with Crippen molar-refractivity contribution >= 4 is 10.9 Å². The summed E-state index contributed by atoms with van der Waals surface area (Å²) in [6, 6.07) is 8.12. The Balaban J connectivity index is 2.25. The first-order chi connectivity index (χ1) is 8.20. The van der Waals surface area contributed by atoms with Gasteiger partial charge in [-0.1, -0.05) is 6.92 Å². The smallest absolute Gasteiger partial charge is 0.120 e. The Morgan fingerprint density at radius 3 is 2.88 bits per heavy atom. The number of hydrogen-bond donors (Lipinski definition) is 1. The van der Waals surface area contributed by atoms with Crippen LogP contribution in [0.15, 0.2) is 30.5 Å². The minimum absolute atomic E-state index is 0.332. The highest BCUT2D eigenvalue weighted by Crippen LogP contribution is 2.22. The number of nitrogens with zero attached hydrogens (tertiary/aromatic N) is 1. The number of fused-ring (bicyclic) bond motifs is 1. The molecule has 0 spiro atoms. The van der Waals surface area contributed by atoms with E-state index >= 15 is 0 Å². The van der Waals surface area contributed by atoms with Crippen LogP contribution in [0.5, 0.6) is 5.75 Å². The van der Waals surface area contributed by atoms with Crippen LogP contribution in [0.2, 0.25) is 0 Å². The number of ether oxygens (including phenoxy) is 1. The number of aliphatic hydroxyl groups excluding tert-OH is 1. The topological polar surface area (TPSA) is 34.4 Å². The molecule has 3 heteroatoms. The van der Waals surface area contributed by atoms with Crippen molar-refractivity contribution in [3.8, 4) is 5.75 Å². The van der Waals surface area contributed by atoms with Gasteiger partial charge in [0.1, 0.15) is 5.75 Å². The summed E-state index contributed by atoms with van der Waals surface area (Å²) in [6.45, 7) is 5.26. The van der Waals surface area contributed by atoms with Gasteiger partial charge in [-0.05, 0) is 37.6 Å². The number of aromatic nitrogens is 1. The second-order valence-corrected chi connectivity index (χ2v) is 4.39. The fraction of sp³-hybridized carbons (Fsp3) is 0.429. The van der Waals surface area contributed by atoms with Gasteiger partial charge in [0.2, 0.25) is 0 Å². The van der Waals surface area contributed by atoms with Gasteiger partial charge in [0, 0.05) is 23.6 Å². The molecule has 0 aliphatic rings. The van der Waals surface area contributed by atoms with E-state index in [1.54, 1.807) is 6.92 Å². The highest BCUT2D eigenvalue weighted by molar-refractivity contribution is 5.81. The Morgan fingerprint density at radius 1 is 1.35 bits per heavy atom. The molecule has 17 heavy (non-hydrogen) atoms. The van der Waals surface area contributed by atoms with Gasteiger partial charge in [-0.2, -0.15) is 0 Å². The first-order valence-corrected chi connectivity index (χ1v) is 6.10. The average molecular weight is 233 g/mol. The lowest BCUT2D eigenvalue weighted by molar-refractivity contribution is 0.175. The number of hydrogen-bond acceptors (Lipinski definition) is 2. The second kappa shape index (κ2) is 5.23. The standard InChI is InChI=1S/C14H19NO2/c1-3-8-17-13-4-5-14-12(9-13)6-7-15(14)10-11(2)16/h4-7,9,11,16H,3,8,10H2,1-2H3. The lowest BCUT2D eigenvalue weighted by Crippen LogP contribution is -2.10. The quantitative estimate of drug-likeness (QED) is 0.861. The molecule has 1 aromatic heterocycles. The molecule has 0 bridgehead atoms. The second-order valence-electron chi connectivity index (χ2n) is 4.39. The summed E-state index contributed by atoms with van der Waals surface area (Å²) in [5, 5.41) is 10.6. The lowest BCUT2D eigenvalue weighted by Gasteiger charge is -2.08. The summed E-state index contributed by atoms with van der Waals surface area (Å²) in [5.41, 5.74) is 1.13. The van der Waals surface area contributed by atoms with E-state index in [2.05, 4.69) is 17.6 Å². The van der Waals surface area contributed by atoms with E-state index < -0.39 is 0 Å². The van der Waals surface area contributed by atoms with Gasteiger partial charge in [-0.25, -0.2) is 0 Å². The molecule has 0 saturated heterocycles. The molecule has 0 radical (unpaired) electrons. The normalized spacial score (nSPS) is 12.9. The van der Waals surface area contributed by atoms with Gasteiger partial charge in [-0.15, -0.1) is 0 Å². The number of aliphatic hydroxyl groups is 1. The van der Waals surface area contributed by atoms with Crippen molar-refractivity contribution < 1.29 is 9.84 Å². The van der Waals surface area contributed by atoms with Gasteiger partial charge >= 0.3 is 0 Å². The van der Waals surface area contributed by atoms with Crippen LogP contribution in [0.1, 0.15) is 20.3 Å². The first-order valence-electron chi connectivity index (χ1n) is 6.10. The third-order valence-electron chi connectivity index (χ3n) is 2.68. The zero-order valence-corrected chi connectivity index (χ0v) is 10.4. The summed E-state index contributed by atoms with van der Waals surface area (Å²) in [4.78, 5) is 0. The Morgan fingerprint density at radius 2 is 2.18 bits per heavy atom. The summed E-state index contributed by atoms with van der Waals surface area (Å²) in [6.07, 6.45) is 2.68. The summed E-state index contributed by atoms with van der Waals surface area (Å²) >= 11 is 0. The van der Waals surface area contributed by atoms with Crippen LogP contribution in [-0.4, -0.2) is 22.4 Å². The average Bonchev–Trinajstić information content (AvgIpc) is 2.68. The Labute approximate surface area is 102 Å². The van der Waals surface area contributed by atoms with Crippen molar-refractivity contribution in [2.45, 2.75) is 32.9 Å². The molecule has 2 rings (SSSR count). The van der Waals surface area contributed by atoms with Crippen molar-refractivity contribution in [1.82, 2.24) is 4.57 Å². The first kappa shape index (κ1) is 12.0. The van der Waals surface area contributed by atoms with Crippen molar-refractivity contribution in [3.05, 3.63) is 30.5 Å². The maximum Gasteiger partial charge on any atom is 0.120 e. The maximum atomic E-state index is 9.41. The molecule has 1 aromatic carbocycles. The van der Waals surface area contributed by atoms with E-state index in [0.29, 0.717) is 6.54 Å². The van der Waals surface area contributed by atoms with Gasteiger partial charge in [0.25, 0.3) is 0 Å². The van der Waals surface area contributed by atoms with Crippen molar-refractivity contribution in [2.75, 3.05) is 6.61 Å². The predicted molar refractivity (Wildman–Crippen MR) is 69.4 cm³/mol. The SMILES string of the molecule is CCCOc1ccc2c(ccn2CC(C)O)c1. The van der Waals surface area contributed by atoms with Crippen molar-refractivity contribution in [3.63, 3.8) is 0 Å². The van der Waals surface area contributed by atoms with Crippen LogP contribution < -0.4 is 4.74 Å². The Kier molecular flexibility index (Phi) is 3.69. The third kappa shape index (κ3) is 2.80. The molecule has 1 N–H and O–H groups in total. The minimum atomic E-state index is -0.332. The van der Waals surface area contributed by atoms with Crippen LogP contribution in [0, 0.1) is 0 Å². The fourth-order valence-electron chi connectivity index (χ4n) is 1.93. The molecule has 1 heterocycles. The van der Waals surface area contributed by atoms with E-state index in [4.69, 9.17) is 4.74 Å². The van der Waals surface area contributed by atoms with Crippen molar-refractivity contribution in [1.29, 1.82) is 0 Å². The molecule has 0 saturated carbocycles. The van der Waals surface area contributed by atoms with Gasteiger partial charge in [0.05, 0.1) is 12.7 Å². The molecule has 1 unspecified atom stereocenters. The molecule has 3 nitrogen and oxygen atoms in total. The molecule has 1 atom stereocenters. The van der Waals surface area contributed by atoms with Crippen LogP contribution in [0.3, 0.4) is 0 Å². The molecule has 92 valence electrons. The third-order valence-corrected chi connectivity index (χ3v) is 2.68. The number of rotatable bonds is 5. The van der Waals surface area contributed by atoms with Gasteiger partial charge in [0.15, 0.2) is 0 Å². The molecule has 0 aliphatic carbocycles. The van der Waals surface area contributed by atoms with Crippen LogP contribution in [0.25, 0.3) is 10.9 Å². The molecule has 0 aliphatic heterocycles. The summed E-state index contributed by atoms with van der Waals surface area (Å²) in [5.74, 6) is 0.911. The van der Waals surface area contributed by atoms with E-state index in [1.807, 2.05) is 24.4 Å². The van der Waals surface area contributed by atoms with E-state index in [-0.39, 0.29) is 6.10 Å². The minimum Gasteiger partial charge on any atom is -0.494 e. The lowest BCUT2D eigenvalue weighted by atomic mass is 10.2. The van der Waals surface area contributed by atoms with Crippen LogP contribution >= 0.6 is 0 Å². The molecule has 2 aromatic rings. The monoisotopic (exact) mass is 233 g/mol. The van der Waals surface area contributed by atoms with E-state index in [0.717, 1.165) is 29.7 Å². The summed E-state index contributed by atoms with van der Waals surface area (Å²) in [7, 11) is 0. The van der Waals surface area contributed by atoms with Crippen LogP contribution in [0.4, 0.5) is 0 Å². The molecular weight excluding hydrogens is 214 g/mol. The van der Waals surface area contributed by atoms with E-state index in [1.165, 1.54) is 0 Å². The zero-order valence-electron chi connectivity index (χ0n) is 10.4. The van der Waals surface area contributed by atoms with Gasteiger partial charge < -0.3 is 14.4 Å². The molecule has 0 amide bonds. The highest BCUT2D eigenvalue weighted by Gasteiger charge is 2.04. The Bertz CT molecular complexity index is 488. The van der Waals surface area contributed by atoms with Crippen LogP contribution in [-0.2, 0) is 6.54 Å². The number of benzene rings is 1. The Hall–Kier alpha value is -1.48. The molecule has 0 fully saturated rings. The fourth-order valence-corrected chi connectivity index (χ4v) is 1.93.